The maximum absolute atomic E-state index is 7.67. The molecule has 6 nitrogen and oxygen atoms in total. The highest BCUT2D eigenvalue weighted by Crippen LogP contribution is 2.41. The molecule has 10 aromatic carbocycles. The molecule has 0 radical (unpaired) electrons. The second-order valence-corrected chi connectivity index (χ2v) is 31.4. The van der Waals surface area contributed by atoms with Crippen LogP contribution in [0.15, 0.2) is 255 Å². The molecule has 0 fully saturated rings. The van der Waals surface area contributed by atoms with Crippen molar-refractivity contribution < 1.29 is 30.6 Å². The van der Waals surface area contributed by atoms with E-state index in [1.807, 2.05) is 79.8 Å². The number of fused-ring (bicyclic) bond motifs is 17. The molecular formula is C94H78N6S4+4. The Labute approximate surface area is 634 Å². The molecule has 10 heteroatoms. The van der Waals surface area contributed by atoms with Crippen molar-refractivity contribution in [3.05, 3.63) is 299 Å². The number of hydrogen-bond donors (Lipinski definition) is 0. The molecule has 0 aliphatic rings. The standard InChI is InChI=1S/C24H21N2S.C24H20NS.C23H19N2S.C23H18NS/c1-14-6-8-18(16(3)11-14)21-9-10-22-23(26(21)4)19-13-17-7-5-15(2)12-20(17)25-24(19)27-22;1-15-8-10-18(16(2)14-15)20-11-13-22-24(25(20)3)23-19-7-5-4-6-17(19)9-12-21(23)26-22;1-14-8-9-17(15(2)12-14)20-10-11-21-22(25(20)3)18-13-16-6-4-5-7-19(16)24-23(18)26-21;1-15-7-3-6-10-18(15)21-12-11-19-20-13-16-8-4-5-9-17(16)14-22(20)25-23(19)24(21)2/h5-13H,1-4H3;4-14H,1-3H3;4-13H,1-3H3;3-14H,1-2H3/q4*+1/i3*1D3;. The average Bonchev–Trinajstić information content (AvgIpc) is 1.62. The van der Waals surface area contributed by atoms with E-state index in [1.54, 1.807) is 59.1 Å². The third kappa shape index (κ3) is 11.8. The summed E-state index contributed by atoms with van der Waals surface area (Å²) in [5.74, 6) is 0. The highest BCUT2D eigenvalue weighted by Gasteiger charge is 2.26. The molecule has 0 spiro atoms. The van der Waals surface area contributed by atoms with Crippen LogP contribution in [-0.2, 0) is 28.2 Å². The van der Waals surface area contributed by atoms with Crippen molar-refractivity contribution in [2.24, 2.45) is 28.2 Å². The van der Waals surface area contributed by atoms with Crippen molar-refractivity contribution in [1.29, 1.82) is 0 Å². The Kier molecular flexibility index (Phi) is 14.5. The number of aromatic nitrogens is 6. The summed E-state index contributed by atoms with van der Waals surface area (Å²) in [4.78, 5) is 13.2. The SMILES string of the molecule is Cc1ccccc1-c1ccc2c3cc4ccccc4cc3sc2[n+]1C.[2H]C([2H])([2H])c1ccc(-c2ccc3sc4ccc5ccccc5c4c3[n+]2C)c(C)c1.[2H]C([2H])([2H])c1ccc(-c2ccc3sc4nc5cc(C)ccc5cc4c3[n+]2C)c(C)c1.[2H]C([2H])([2H])c1ccc(-c2ccc3sc4nc5ccccc5cc4c3[n+]2C)c(C)c1. The molecule has 0 bridgehead atoms. The molecule has 10 heterocycles. The number of para-hydroxylation sites is 1. The van der Waals surface area contributed by atoms with Crippen LogP contribution < -0.4 is 18.3 Å². The molecule has 0 N–H and O–H groups in total. The van der Waals surface area contributed by atoms with Crippen LogP contribution in [-0.4, -0.2) is 9.97 Å². The largest absolute Gasteiger partial charge is 0.270 e. The minimum absolute atomic E-state index is 0.374. The summed E-state index contributed by atoms with van der Waals surface area (Å²) >= 11 is 7.09. The average molecular weight is 1430 g/mol. The number of nitrogens with zero attached hydrogens (tertiary/aromatic N) is 6. The third-order valence-corrected chi connectivity index (χ3v) is 24.9. The Morgan fingerprint density at radius 2 is 0.721 bits per heavy atom. The second kappa shape index (κ2) is 26.7. The number of pyridine rings is 6. The summed E-state index contributed by atoms with van der Waals surface area (Å²) in [6, 6.07) is 87.3. The van der Waals surface area contributed by atoms with Crippen LogP contribution in [0, 0.1) is 55.2 Å². The van der Waals surface area contributed by atoms with E-state index in [9.17, 15) is 0 Å². The summed E-state index contributed by atoms with van der Waals surface area (Å²) in [5, 5.41) is 13.6. The predicted octanol–water partition coefficient (Wildman–Crippen LogP) is 24.1. The molecule has 0 saturated heterocycles. The molecule has 0 saturated carbocycles. The quantitative estimate of drug-likeness (QED) is 0.165. The lowest BCUT2D eigenvalue weighted by atomic mass is 10.0. The van der Waals surface area contributed by atoms with E-state index < -0.39 is 20.6 Å². The summed E-state index contributed by atoms with van der Waals surface area (Å²) in [6.07, 6.45) is 0. The van der Waals surface area contributed by atoms with Crippen molar-refractivity contribution in [2.75, 3.05) is 0 Å². The highest BCUT2D eigenvalue weighted by atomic mass is 32.1. The molecule has 104 heavy (non-hydrogen) atoms. The first-order chi connectivity index (χ1) is 54.1. The van der Waals surface area contributed by atoms with Gasteiger partial charge in [-0.15, -0.1) is 34.0 Å². The van der Waals surface area contributed by atoms with Gasteiger partial charge in [-0.1, -0.05) is 168 Å². The fourth-order valence-corrected chi connectivity index (χ4v) is 19.7. The Bertz CT molecular complexity index is 7280. The Morgan fingerprint density at radius 3 is 1.31 bits per heavy atom. The topological polar surface area (TPSA) is 41.3 Å². The second-order valence-electron chi connectivity index (χ2n) is 27.2. The molecule has 504 valence electrons. The van der Waals surface area contributed by atoms with Crippen LogP contribution in [0.2, 0.25) is 0 Å². The van der Waals surface area contributed by atoms with E-state index >= 15 is 0 Å². The first kappa shape index (κ1) is 56.5. The van der Waals surface area contributed by atoms with Crippen LogP contribution in [0.25, 0.3) is 170 Å². The highest BCUT2D eigenvalue weighted by molar-refractivity contribution is 7.26. The minimum atomic E-state index is -2.09. The molecule has 0 aliphatic carbocycles. The van der Waals surface area contributed by atoms with E-state index in [1.165, 1.54) is 93.9 Å². The van der Waals surface area contributed by atoms with Gasteiger partial charge in [-0.2, -0.15) is 18.3 Å². The molecule has 10 aromatic heterocycles. The van der Waals surface area contributed by atoms with Crippen LogP contribution in [0.1, 0.15) is 56.8 Å². The van der Waals surface area contributed by atoms with Gasteiger partial charge in [0.1, 0.15) is 52.0 Å². The van der Waals surface area contributed by atoms with E-state index in [0.29, 0.717) is 16.7 Å². The fourth-order valence-electron chi connectivity index (χ4n) is 15.2. The van der Waals surface area contributed by atoms with Crippen molar-refractivity contribution in [3.63, 3.8) is 0 Å². The maximum Gasteiger partial charge on any atom is 0.270 e. The van der Waals surface area contributed by atoms with E-state index in [-0.39, 0.29) is 0 Å². The predicted molar refractivity (Wildman–Crippen MR) is 447 cm³/mol. The van der Waals surface area contributed by atoms with Crippen LogP contribution in [0.5, 0.6) is 0 Å². The van der Waals surface area contributed by atoms with Gasteiger partial charge < -0.3 is 0 Å². The zero-order valence-electron chi connectivity index (χ0n) is 68.1. The normalized spacial score (nSPS) is 13.3. The van der Waals surface area contributed by atoms with E-state index in [2.05, 4.69) is 242 Å². The summed E-state index contributed by atoms with van der Waals surface area (Å²) < 4.78 is 84.2. The molecule has 0 amide bonds. The van der Waals surface area contributed by atoms with Gasteiger partial charge in [0.2, 0.25) is 39.3 Å². The molecular weight excluding hydrogens is 1340 g/mol. The van der Waals surface area contributed by atoms with Gasteiger partial charge in [0.25, 0.3) is 4.83 Å². The summed E-state index contributed by atoms with van der Waals surface area (Å²) in [6.45, 7) is 3.91. The number of rotatable bonds is 4. The van der Waals surface area contributed by atoms with Gasteiger partial charge >= 0.3 is 0 Å². The zero-order valence-corrected chi connectivity index (χ0v) is 62.3. The van der Waals surface area contributed by atoms with Gasteiger partial charge in [-0.05, 0) is 196 Å². The molecule has 20 rings (SSSR count). The smallest absolute Gasteiger partial charge is 0.237 e. The van der Waals surface area contributed by atoms with Crippen molar-refractivity contribution in [2.45, 2.75) is 55.2 Å². The Morgan fingerprint density at radius 1 is 0.279 bits per heavy atom. The van der Waals surface area contributed by atoms with Gasteiger partial charge in [0.05, 0.1) is 32.6 Å². The monoisotopic (exact) mass is 1430 g/mol. The number of benzene rings is 10. The van der Waals surface area contributed by atoms with Gasteiger partial charge in [0, 0.05) is 84.4 Å². The molecule has 0 aliphatic heterocycles. The van der Waals surface area contributed by atoms with Crippen LogP contribution >= 0.6 is 45.3 Å². The Balaban J connectivity index is 0.000000109. The lowest BCUT2D eigenvalue weighted by Gasteiger charge is -2.07. The Hall–Kier alpha value is -11.0. The lowest BCUT2D eigenvalue weighted by Crippen LogP contribution is -2.31. The fraction of sp³-hybridized carbons (Fsp3) is 0.128. The summed E-state index contributed by atoms with van der Waals surface area (Å²) in [5.41, 5.74) is 21.0. The summed E-state index contributed by atoms with van der Waals surface area (Å²) in [7, 11) is 8.41. The van der Waals surface area contributed by atoms with Crippen molar-refractivity contribution >= 4 is 170 Å². The lowest BCUT2D eigenvalue weighted by molar-refractivity contribution is -0.632. The maximum atomic E-state index is 7.67. The molecule has 20 aromatic rings. The van der Waals surface area contributed by atoms with Gasteiger partial charge in [0.15, 0.2) is 0 Å². The molecule has 0 atom stereocenters. The zero-order chi connectivity index (χ0) is 78.8. The van der Waals surface area contributed by atoms with Crippen molar-refractivity contribution in [3.8, 4) is 45.0 Å². The third-order valence-electron chi connectivity index (χ3n) is 20.4. The van der Waals surface area contributed by atoms with E-state index in [0.717, 1.165) is 104 Å². The first-order valence-corrected chi connectivity index (χ1v) is 38.0. The molecule has 0 unspecified atom stereocenters. The first-order valence-electron chi connectivity index (χ1n) is 39.2. The number of aryl methyl sites for hydroxylation is 12. The van der Waals surface area contributed by atoms with E-state index in [4.69, 9.17) is 22.3 Å². The van der Waals surface area contributed by atoms with Crippen LogP contribution in [0.3, 0.4) is 0 Å². The number of thiophene rings is 4. The number of hydrogen-bond acceptors (Lipinski definition) is 6. The van der Waals surface area contributed by atoms with Crippen molar-refractivity contribution in [1.82, 2.24) is 9.97 Å². The van der Waals surface area contributed by atoms with Crippen LogP contribution in [0.4, 0.5) is 0 Å². The van der Waals surface area contributed by atoms with Gasteiger partial charge in [-0.25, -0.2) is 9.97 Å². The minimum Gasteiger partial charge on any atom is -0.237 e. The van der Waals surface area contributed by atoms with Gasteiger partial charge in [-0.3, -0.25) is 0 Å².